The summed E-state index contributed by atoms with van der Waals surface area (Å²) in [5.41, 5.74) is 1.25. The highest BCUT2D eigenvalue weighted by Crippen LogP contribution is 2.24. The largest absolute Gasteiger partial charge is 0.255 e. The third-order valence-electron chi connectivity index (χ3n) is 2.53. The van der Waals surface area contributed by atoms with E-state index in [1.165, 1.54) is 19.2 Å². The molecule has 1 aromatic heterocycles. The molecule has 0 aliphatic carbocycles. The fourth-order valence-corrected chi connectivity index (χ4v) is 2.36. The number of nitrogens with two attached hydrogens (primary N) is 1. The Labute approximate surface area is 104 Å². The van der Waals surface area contributed by atoms with E-state index in [4.69, 9.17) is 5.14 Å². The molecule has 0 aliphatic rings. The molecule has 2 rings (SSSR count). The lowest BCUT2D eigenvalue weighted by Gasteiger charge is -1.99. The lowest BCUT2D eigenvalue weighted by molar-refractivity contribution is 0.578. The van der Waals surface area contributed by atoms with Gasteiger partial charge in [0.1, 0.15) is 5.82 Å². The number of hydrogen-bond donors (Lipinski definition) is 1. The zero-order valence-corrected chi connectivity index (χ0v) is 10.7. The summed E-state index contributed by atoms with van der Waals surface area (Å²) in [5, 5.41) is 8.83. The smallest absolute Gasteiger partial charge is 0.255 e. The topological polar surface area (TPSA) is 78.0 Å². The summed E-state index contributed by atoms with van der Waals surface area (Å²) in [6, 6.07) is 5.90. The molecule has 0 atom stereocenters. The van der Waals surface area contributed by atoms with Crippen LogP contribution in [-0.2, 0) is 17.1 Å². The summed E-state index contributed by atoms with van der Waals surface area (Å²) in [4.78, 5) is 0. The molecule has 7 heteroatoms. The number of benzene rings is 1. The van der Waals surface area contributed by atoms with Gasteiger partial charge in [0.15, 0.2) is 5.03 Å². The van der Waals surface area contributed by atoms with Crippen LogP contribution in [0.15, 0.2) is 29.3 Å². The fraction of sp³-hybridized carbons (Fsp3) is 0.182. The van der Waals surface area contributed by atoms with Gasteiger partial charge < -0.3 is 0 Å². The minimum atomic E-state index is -3.86. The maximum Gasteiger partial charge on any atom is 0.255 e. The number of rotatable bonds is 2. The number of hydrogen-bond acceptors (Lipinski definition) is 3. The van der Waals surface area contributed by atoms with Gasteiger partial charge in [0, 0.05) is 18.7 Å². The van der Waals surface area contributed by atoms with E-state index in [0.29, 0.717) is 0 Å². The molecule has 1 aromatic carbocycles. The molecule has 1 heterocycles. The molecular weight excluding hydrogens is 257 g/mol. The molecule has 0 saturated carbocycles. The van der Waals surface area contributed by atoms with Crippen molar-refractivity contribution in [2.24, 2.45) is 12.2 Å². The van der Waals surface area contributed by atoms with E-state index in [2.05, 4.69) is 5.10 Å². The summed E-state index contributed by atoms with van der Waals surface area (Å²) in [7, 11) is -2.42. The van der Waals surface area contributed by atoms with E-state index in [-0.39, 0.29) is 16.3 Å². The molecule has 5 nitrogen and oxygen atoms in total. The number of nitrogens with zero attached hydrogens (tertiary/aromatic N) is 2. The molecule has 0 amide bonds. The van der Waals surface area contributed by atoms with Crippen LogP contribution in [0.4, 0.5) is 4.39 Å². The highest BCUT2D eigenvalue weighted by molar-refractivity contribution is 7.89. The fourth-order valence-electron chi connectivity index (χ4n) is 1.68. The number of halogens is 1. The number of aryl methyl sites for hydroxylation is 2. The van der Waals surface area contributed by atoms with Crippen LogP contribution in [0, 0.1) is 12.7 Å². The van der Waals surface area contributed by atoms with Gasteiger partial charge in [0.25, 0.3) is 10.0 Å². The van der Waals surface area contributed by atoms with E-state index >= 15 is 0 Å². The molecule has 2 aromatic rings. The van der Waals surface area contributed by atoms with Gasteiger partial charge in [-0.1, -0.05) is 6.07 Å². The van der Waals surface area contributed by atoms with Gasteiger partial charge in [-0.2, -0.15) is 5.10 Å². The Hall–Kier alpha value is -1.73. The standard InChI is InChI=1S/C11H12FN3O2S/c1-7-3-4-8(9(12)5-7)10-6-11(15(2)14-10)18(13,16)17/h3-6H,1-2H3,(H2,13,16,17). The van der Waals surface area contributed by atoms with Crippen LogP contribution in [0.5, 0.6) is 0 Å². The number of primary sulfonamides is 1. The SMILES string of the molecule is Cc1ccc(-c2cc(S(N)(=O)=O)n(C)n2)c(F)c1. The maximum atomic E-state index is 13.7. The van der Waals surface area contributed by atoms with Gasteiger partial charge in [-0.25, -0.2) is 17.9 Å². The van der Waals surface area contributed by atoms with Crippen LogP contribution in [0.1, 0.15) is 5.56 Å². The Morgan fingerprint density at radius 2 is 2.00 bits per heavy atom. The van der Waals surface area contributed by atoms with Crippen LogP contribution < -0.4 is 5.14 Å². The van der Waals surface area contributed by atoms with Gasteiger partial charge in [0.05, 0.1) is 5.69 Å². The quantitative estimate of drug-likeness (QED) is 0.889. The Balaban J connectivity index is 2.60. The summed E-state index contributed by atoms with van der Waals surface area (Å²) in [6.45, 7) is 1.76. The summed E-state index contributed by atoms with van der Waals surface area (Å²) < 4.78 is 37.4. The minimum Gasteiger partial charge on any atom is -0.255 e. The Bertz CT molecular complexity index is 707. The average molecular weight is 269 g/mol. The van der Waals surface area contributed by atoms with Crippen LogP contribution in [-0.4, -0.2) is 18.2 Å². The van der Waals surface area contributed by atoms with Gasteiger partial charge in [-0.15, -0.1) is 0 Å². The van der Waals surface area contributed by atoms with Crippen LogP contribution in [0.3, 0.4) is 0 Å². The second-order valence-corrected chi connectivity index (χ2v) is 5.53. The van der Waals surface area contributed by atoms with E-state index < -0.39 is 15.8 Å². The summed E-state index contributed by atoms with van der Waals surface area (Å²) >= 11 is 0. The third kappa shape index (κ3) is 2.27. The highest BCUT2D eigenvalue weighted by Gasteiger charge is 2.17. The van der Waals surface area contributed by atoms with Gasteiger partial charge in [0.2, 0.25) is 0 Å². The Kier molecular flexibility index (Phi) is 2.95. The molecule has 0 bridgehead atoms. The van der Waals surface area contributed by atoms with Crippen molar-refractivity contribution in [3.63, 3.8) is 0 Å². The first kappa shape index (κ1) is 12.7. The van der Waals surface area contributed by atoms with Crippen LogP contribution in [0.2, 0.25) is 0 Å². The molecule has 0 spiro atoms. The Morgan fingerprint density at radius 1 is 1.33 bits per heavy atom. The van der Waals surface area contributed by atoms with E-state index in [9.17, 15) is 12.8 Å². The van der Waals surface area contributed by atoms with Crippen molar-refractivity contribution in [1.82, 2.24) is 9.78 Å². The highest BCUT2D eigenvalue weighted by atomic mass is 32.2. The molecule has 0 fully saturated rings. The second kappa shape index (κ2) is 4.18. The van der Waals surface area contributed by atoms with E-state index in [1.54, 1.807) is 19.1 Å². The van der Waals surface area contributed by atoms with Crippen molar-refractivity contribution < 1.29 is 12.8 Å². The Morgan fingerprint density at radius 3 is 2.50 bits per heavy atom. The lowest BCUT2D eigenvalue weighted by atomic mass is 10.1. The third-order valence-corrected chi connectivity index (χ3v) is 3.49. The van der Waals surface area contributed by atoms with Gasteiger partial charge >= 0.3 is 0 Å². The maximum absolute atomic E-state index is 13.7. The molecule has 2 N–H and O–H groups in total. The summed E-state index contributed by atoms with van der Waals surface area (Å²) in [6.07, 6.45) is 0. The van der Waals surface area contributed by atoms with Crippen molar-refractivity contribution in [3.05, 3.63) is 35.6 Å². The molecule has 0 aliphatic heterocycles. The average Bonchev–Trinajstić information content (AvgIpc) is 2.59. The molecule has 18 heavy (non-hydrogen) atoms. The van der Waals surface area contributed by atoms with Crippen molar-refractivity contribution in [2.75, 3.05) is 0 Å². The van der Waals surface area contributed by atoms with E-state index in [1.807, 2.05) is 0 Å². The first-order valence-corrected chi connectivity index (χ1v) is 6.67. The van der Waals surface area contributed by atoms with E-state index in [0.717, 1.165) is 10.2 Å². The van der Waals surface area contributed by atoms with Gasteiger partial charge in [-0.3, -0.25) is 4.68 Å². The minimum absolute atomic E-state index is 0.155. The van der Waals surface area contributed by atoms with Crippen LogP contribution >= 0.6 is 0 Å². The van der Waals surface area contributed by atoms with Crippen molar-refractivity contribution in [1.29, 1.82) is 0 Å². The predicted octanol–water partition coefficient (Wildman–Crippen LogP) is 1.18. The zero-order chi connectivity index (χ0) is 13.5. The summed E-state index contributed by atoms with van der Waals surface area (Å²) in [5.74, 6) is -0.450. The molecule has 0 saturated heterocycles. The first-order valence-electron chi connectivity index (χ1n) is 5.12. The van der Waals surface area contributed by atoms with Crippen molar-refractivity contribution in [2.45, 2.75) is 11.9 Å². The predicted molar refractivity (Wildman–Crippen MR) is 64.7 cm³/mol. The lowest BCUT2D eigenvalue weighted by Crippen LogP contribution is -2.16. The number of aromatic nitrogens is 2. The van der Waals surface area contributed by atoms with Crippen molar-refractivity contribution in [3.8, 4) is 11.3 Å². The van der Waals surface area contributed by atoms with Crippen molar-refractivity contribution >= 4 is 10.0 Å². The number of sulfonamides is 1. The zero-order valence-electron chi connectivity index (χ0n) is 9.88. The second-order valence-electron chi connectivity index (χ2n) is 4.02. The monoisotopic (exact) mass is 269 g/mol. The first-order chi connectivity index (χ1) is 8.29. The van der Waals surface area contributed by atoms with Crippen LogP contribution in [0.25, 0.3) is 11.3 Å². The molecular formula is C11H12FN3O2S. The normalized spacial score (nSPS) is 11.8. The van der Waals surface area contributed by atoms with Gasteiger partial charge in [-0.05, 0) is 24.6 Å². The molecule has 0 unspecified atom stereocenters. The molecule has 0 radical (unpaired) electrons. The molecule has 96 valence electrons.